The van der Waals surface area contributed by atoms with Gasteiger partial charge in [0.15, 0.2) is 0 Å². The minimum absolute atomic E-state index is 0.00597. The Morgan fingerprint density at radius 2 is 1.72 bits per heavy atom. The molecule has 0 radical (unpaired) electrons. The number of Topliss-reactive ketones (excluding diaryl/α,β-unsaturated/α-hetero) is 1. The number of ether oxygens (including phenoxy) is 1. The predicted molar refractivity (Wildman–Crippen MR) is 137 cm³/mol. The zero-order valence-electron chi connectivity index (χ0n) is 21.6. The lowest BCUT2D eigenvalue weighted by Gasteiger charge is -2.19. The minimum atomic E-state index is -5.05. The Morgan fingerprint density at radius 3 is 2.33 bits per heavy atom. The number of aromatic nitrogens is 2. The maximum absolute atomic E-state index is 13.0. The minimum Gasteiger partial charge on any atom is -0.493 e. The van der Waals surface area contributed by atoms with E-state index in [-0.39, 0.29) is 17.8 Å². The van der Waals surface area contributed by atoms with Crippen LogP contribution >= 0.6 is 0 Å². The third-order valence-corrected chi connectivity index (χ3v) is 6.46. The van der Waals surface area contributed by atoms with Crippen LogP contribution < -0.4 is 4.74 Å². The molecule has 0 saturated carbocycles. The summed E-state index contributed by atoms with van der Waals surface area (Å²) in [5.74, 6) is -1.39. The van der Waals surface area contributed by atoms with Crippen LogP contribution in [-0.2, 0) is 17.6 Å². The highest BCUT2D eigenvalue weighted by Gasteiger charge is 2.41. The molecular formula is C29H27F3N2O5. The molecule has 0 unspecified atom stereocenters. The number of hydrogen-bond acceptors (Lipinski definition) is 5. The number of benzene rings is 2. The van der Waals surface area contributed by atoms with Crippen LogP contribution in [-0.4, -0.2) is 39.2 Å². The fourth-order valence-corrected chi connectivity index (χ4v) is 4.50. The van der Waals surface area contributed by atoms with Crippen molar-refractivity contribution in [3.05, 3.63) is 94.6 Å². The lowest BCUT2D eigenvalue weighted by atomic mass is 10.0. The Kier molecular flexibility index (Phi) is 7.94. The molecule has 0 aliphatic heterocycles. The Balaban J connectivity index is 1.41. The van der Waals surface area contributed by atoms with E-state index < -0.39 is 29.5 Å². The van der Waals surface area contributed by atoms with Gasteiger partial charge in [-0.1, -0.05) is 30.3 Å². The monoisotopic (exact) mass is 540 g/mol. The van der Waals surface area contributed by atoms with Gasteiger partial charge in [0, 0.05) is 35.4 Å². The van der Waals surface area contributed by atoms with Gasteiger partial charge in [-0.25, -0.2) is 9.78 Å². The molecule has 0 spiro atoms. The van der Waals surface area contributed by atoms with Crippen molar-refractivity contribution in [2.45, 2.75) is 45.8 Å². The Morgan fingerprint density at radius 1 is 1.05 bits per heavy atom. The average Bonchev–Trinajstić information content (AvgIpc) is 3.41. The number of carboxylic acid groups (broad SMARTS) is 1. The summed E-state index contributed by atoms with van der Waals surface area (Å²) in [6, 6.07) is 16.3. The molecule has 0 saturated heterocycles. The van der Waals surface area contributed by atoms with Gasteiger partial charge in [0.25, 0.3) is 5.78 Å². The number of hydrogen-bond donors (Lipinski definition) is 1. The molecule has 2 heterocycles. The lowest BCUT2D eigenvalue weighted by molar-refractivity contribution is -0.141. The molecule has 2 aromatic heterocycles. The quantitative estimate of drug-likeness (QED) is 0.237. The van der Waals surface area contributed by atoms with E-state index in [4.69, 9.17) is 9.15 Å². The van der Waals surface area contributed by atoms with E-state index in [1.54, 1.807) is 24.3 Å². The first-order chi connectivity index (χ1) is 18.5. The number of aliphatic carboxylic acids is 1. The molecule has 4 rings (SSSR count). The van der Waals surface area contributed by atoms with Gasteiger partial charge < -0.3 is 18.8 Å². The SMILES string of the molecule is Cc1oc(-c2ccccc2)nc1CCOc1ccc(C[C@@H](C(=O)O)n2c(C)cc(C(=O)C(F)(F)F)c2C)cc1. The van der Waals surface area contributed by atoms with Gasteiger partial charge >= 0.3 is 12.1 Å². The molecule has 7 nitrogen and oxygen atoms in total. The third kappa shape index (κ3) is 6.22. The maximum Gasteiger partial charge on any atom is 0.454 e. The first-order valence-electron chi connectivity index (χ1n) is 12.2. The first-order valence-corrected chi connectivity index (χ1v) is 12.2. The molecule has 1 N–H and O–H groups in total. The van der Waals surface area contributed by atoms with E-state index in [1.807, 2.05) is 37.3 Å². The lowest BCUT2D eigenvalue weighted by Crippen LogP contribution is -2.26. The van der Waals surface area contributed by atoms with Crippen molar-refractivity contribution in [1.82, 2.24) is 9.55 Å². The third-order valence-electron chi connectivity index (χ3n) is 6.46. The van der Waals surface area contributed by atoms with Gasteiger partial charge in [0.1, 0.15) is 17.6 Å². The van der Waals surface area contributed by atoms with Crippen LogP contribution in [0.5, 0.6) is 5.75 Å². The summed E-state index contributed by atoms with van der Waals surface area (Å²) >= 11 is 0. The molecule has 1 atom stereocenters. The summed E-state index contributed by atoms with van der Waals surface area (Å²) in [7, 11) is 0. The smallest absolute Gasteiger partial charge is 0.454 e. The molecule has 0 amide bonds. The molecular weight excluding hydrogens is 513 g/mol. The zero-order chi connectivity index (χ0) is 28.3. The molecule has 0 fully saturated rings. The average molecular weight is 541 g/mol. The second-order valence-corrected chi connectivity index (χ2v) is 9.17. The summed E-state index contributed by atoms with van der Waals surface area (Å²) in [4.78, 5) is 28.4. The van der Waals surface area contributed by atoms with Crippen LogP contribution in [0, 0.1) is 20.8 Å². The van der Waals surface area contributed by atoms with Gasteiger partial charge in [-0.05, 0) is 56.7 Å². The van der Waals surface area contributed by atoms with Crippen LogP contribution in [0.4, 0.5) is 13.2 Å². The van der Waals surface area contributed by atoms with Gasteiger partial charge in [-0.2, -0.15) is 13.2 Å². The standard InChI is InChI=1S/C29H27F3N2O5/c1-17-15-23(26(35)29(30,31)32)18(2)34(17)25(28(36)37)16-20-9-11-22(12-10-20)38-14-13-24-19(3)39-27(33-24)21-7-5-4-6-8-21/h4-12,15,25H,13-14,16H2,1-3H3,(H,36,37)/t25-/m0/s1. The van der Waals surface area contributed by atoms with Crippen molar-refractivity contribution in [3.63, 3.8) is 0 Å². The van der Waals surface area contributed by atoms with E-state index in [2.05, 4.69) is 4.98 Å². The largest absolute Gasteiger partial charge is 0.493 e. The number of carbonyl (C=O) groups excluding carboxylic acids is 1. The van der Waals surface area contributed by atoms with E-state index in [0.29, 0.717) is 36.0 Å². The maximum atomic E-state index is 13.0. The molecule has 4 aromatic rings. The van der Waals surface area contributed by atoms with Gasteiger partial charge in [-0.15, -0.1) is 0 Å². The van der Waals surface area contributed by atoms with E-state index in [1.165, 1.54) is 18.4 Å². The summed E-state index contributed by atoms with van der Waals surface area (Å²) in [5.41, 5.74) is 1.98. The second-order valence-electron chi connectivity index (χ2n) is 9.17. The van der Waals surface area contributed by atoms with Gasteiger partial charge in [-0.3, -0.25) is 4.79 Å². The Hall–Kier alpha value is -4.34. The van der Waals surface area contributed by atoms with E-state index >= 15 is 0 Å². The van der Waals surface area contributed by atoms with Crippen molar-refractivity contribution >= 4 is 11.8 Å². The molecule has 0 aliphatic rings. The fourth-order valence-electron chi connectivity index (χ4n) is 4.50. The predicted octanol–water partition coefficient (Wildman–Crippen LogP) is 6.30. The number of aryl methyl sites for hydroxylation is 2. The topological polar surface area (TPSA) is 94.6 Å². The number of halogens is 3. The molecule has 10 heteroatoms. The summed E-state index contributed by atoms with van der Waals surface area (Å²) < 4.78 is 51.8. The summed E-state index contributed by atoms with van der Waals surface area (Å²) in [6.45, 7) is 4.99. The van der Waals surface area contributed by atoms with Crippen molar-refractivity contribution in [1.29, 1.82) is 0 Å². The van der Waals surface area contributed by atoms with Gasteiger partial charge in [0.05, 0.1) is 12.3 Å². The van der Waals surface area contributed by atoms with Crippen molar-refractivity contribution in [3.8, 4) is 17.2 Å². The normalized spacial score (nSPS) is 12.4. The summed E-state index contributed by atoms with van der Waals surface area (Å²) in [6.07, 6.45) is -4.52. The number of nitrogens with zero attached hydrogens (tertiary/aromatic N) is 2. The fraction of sp³-hybridized carbons (Fsp3) is 0.276. The van der Waals surface area contributed by atoms with E-state index in [0.717, 1.165) is 17.3 Å². The van der Waals surface area contributed by atoms with Crippen LogP contribution in [0.1, 0.15) is 44.8 Å². The number of carbonyl (C=O) groups is 2. The number of rotatable bonds is 10. The number of alkyl halides is 3. The highest BCUT2D eigenvalue weighted by Crippen LogP contribution is 2.29. The van der Waals surface area contributed by atoms with Crippen molar-refractivity contribution < 1.29 is 37.0 Å². The highest BCUT2D eigenvalue weighted by molar-refractivity contribution is 6.01. The summed E-state index contributed by atoms with van der Waals surface area (Å²) in [5, 5.41) is 9.85. The molecule has 0 bridgehead atoms. The molecule has 204 valence electrons. The van der Waals surface area contributed by atoms with Crippen LogP contribution in [0.25, 0.3) is 11.5 Å². The number of oxazole rings is 1. The van der Waals surface area contributed by atoms with Crippen molar-refractivity contribution in [2.75, 3.05) is 6.61 Å². The molecule has 2 aromatic carbocycles. The highest BCUT2D eigenvalue weighted by atomic mass is 19.4. The van der Waals surface area contributed by atoms with Crippen LogP contribution in [0.2, 0.25) is 0 Å². The molecule has 0 aliphatic carbocycles. The second kappa shape index (κ2) is 11.2. The first kappa shape index (κ1) is 27.7. The van der Waals surface area contributed by atoms with Gasteiger partial charge in [0.2, 0.25) is 5.89 Å². The zero-order valence-corrected chi connectivity index (χ0v) is 21.6. The van der Waals surface area contributed by atoms with Crippen molar-refractivity contribution in [2.24, 2.45) is 0 Å². The number of carboxylic acids is 1. The number of ketones is 1. The Labute approximate surface area is 222 Å². The van der Waals surface area contributed by atoms with Crippen LogP contribution in [0.3, 0.4) is 0 Å². The Bertz CT molecular complexity index is 1470. The van der Waals surface area contributed by atoms with Crippen LogP contribution in [0.15, 0.2) is 65.1 Å². The molecule has 39 heavy (non-hydrogen) atoms. The van der Waals surface area contributed by atoms with E-state index in [9.17, 15) is 27.9 Å².